The summed E-state index contributed by atoms with van der Waals surface area (Å²) in [6, 6.07) is 0. The summed E-state index contributed by atoms with van der Waals surface area (Å²) in [5.74, 6) is -3.57. The van der Waals surface area contributed by atoms with Crippen molar-refractivity contribution < 1.29 is 39.2 Å². The first-order valence-electron chi connectivity index (χ1n) is 7.82. The predicted octanol–water partition coefficient (Wildman–Crippen LogP) is 1.18. The number of carbonyl (C=O) groups is 3. The number of carboxylic acid groups (broad SMARTS) is 2. The van der Waals surface area contributed by atoms with Gasteiger partial charge in [0.15, 0.2) is 5.60 Å². The first kappa shape index (κ1) is 20.0. The Bertz CT molecular complexity index is 467. The highest BCUT2D eigenvalue weighted by atomic mass is 16.5. The molecule has 0 aromatic carbocycles. The van der Waals surface area contributed by atoms with E-state index in [4.69, 9.17) is 19.7 Å². The largest absolute Gasteiger partial charge is 0.502 e. The van der Waals surface area contributed by atoms with Crippen molar-refractivity contribution in [1.29, 1.82) is 0 Å². The molecule has 0 heterocycles. The number of hydrogen-bond acceptors (Lipinski definition) is 6. The van der Waals surface area contributed by atoms with Crippen LogP contribution in [0.5, 0.6) is 0 Å². The minimum absolute atomic E-state index is 0.136. The normalized spacial score (nSPS) is 22.9. The van der Waals surface area contributed by atoms with Gasteiger partial charge in [-0.15, -0.1) is 0 Å². The summed E-state index contributed by atoms with van der Waals surface area (Å²) in [6.07, 6.45) is 3.05. The Labute approximate surface area is 140 Å². The van der Waals surface area contributed by atoms with E-state index in [1.807, 2.05) is 0 Å². The summed E-state index contributed by atoms with van der Waals surface area (Å²) in [5.41, 5.74) is -2.65. The Morgan fingerprint density at radius 2 is 1.58 bits per heavy atom. The standard InChI is InChI=1S/C16H24O8/c1-2-23-9-11-3-5-12(6-4-11)10-24-14(19)8-16(22,15(20)21)7-13(17)18/h2,11-12,22H,1,3-10H2,(H,17,18)(H,20,21). The van der Waals surface area contributed by atoms with Crippen LogP contribution in [-0.4, -0.2) is 52.0 Å². The molecule has 1 atom stereocenters. The van der Waals surface area contributed by atoms with Crippen LogP contribution in [0, 0.1) is 11.8 Å². The van der Waals surface area contributed by atoms with E-state index in [0.29, 0.717) is 12.5 Å². The van der Waals surface area contributed by atoms with Crippen LogP contribution in [-0.2, 0) is 23.9 Å². The van der Waals surface area contributed by atoms with Crippen LogP contribution in [0.3, 0.4) is 0 Å². The van der Waals surface area contributed by atoms with Gasteiger partial charge in [-0.3, -0.25) is 9.59 Å². The van der Waals surface area contributed by atoms with Gasteiger partial charge in [-0.1, -0.05) is 6.58 Å². The minimum Gasteiger partial charge on any atom is -0.502 e. The average molecular weight is 344 g/mol. The van der Waals surface area contributed by atoms with Crippen LogP contribution in [0.15, 0.2) is 12.8 Å². The molecule has 0 aromatic heterocycles. The fourth-order valence-electron chi connectivity index (χ4n) is 2.73. The molecule has 1 aliphatic rings. The fourth-order valence-corrected chi connectivity index (χ4v) is 2.73. The van der Waals surface area contributed by atoms with Gasteiger partial charge in [0.05, 0.1) is 32.3 Å². The lowest BCUT2D eigenvalue weighted by molar-refractivity contribution is -0.172. The number of aliphatic hydroxyl groups is 1. The van der Waals surface area contributed by atoms with E-state index < -0.39 is 36.4 Å². The predicted molar refractivity (Wildman–Crippen MR) is 82.0 cm³/mol. The van der Waals surface area contributed by atoms with Crippen LogP contribution < -0.4 is 0 Å². The molecule has 1 saturated carbocycles. The first-order valence-corrected chi connectivity index (χ1v) is 7.82. The lowest BCUT2D eigenvalue weighted by Crippen LogP contribution is -2.43. The number of ether oxygens (including phenoxy) is 2. The molecule has 0 spiro atoms. The maximum absolute atomic E-state index is 11.7. The number of rotatable bonds is 10. The molecule has 0 saturated heterocycles. The van der Waals surface area contributed by atoms with Gasteiger partial charge < -0.3 is 24.8 Å². The molecule has 24 heavy (non-hydrogen) atoms. The average Bonchev–Trinajstić information content (AvgIpc) is 2.51. The van der Waals surface area contributed by atoms with Gasteiger partial charge in [0.25, 0.3) is 0 Å². The minimum atomic E-state index is -2.65. The Kier molecular flexibility index (Phi) is 7.70. The van der Waals surface area contributed by atoms with E-state index in [-0.39, 0.29) is 12.5 Å². The van der Waals surface area contributed by atoms with E-state index in [2.05, 4.69) is 6.58 Å². The molecule has 136 valence electrons. The SMILES string of the molecule is C=COCC1CCC(COC(=O)CC(O)(CC(=O)O)C(=O)O)CC1. The van der Waals surface area contributed by atoms with Gasteiger partial charge in [0.1, 0.15) is 0 Å². The first-order chi connectivity index (χ1) is 11.3. The second kappa shape index (κ2) is 9.27. The second-order valence-electron chi connectivity index (χ2n) is 6.15. The highest BCUT2D eigenvalue weighted by Gasteiger charge is 2.41. The van der Waals surface area contributed by atoms with Gasteiger partial charge in [-0.2, -0.15) is 0 Å². The maximum Gasteiger partial charge on any atom is 0.336 e. The Morgan fingerprint density at radius 3 is 2.04 bits per heavy atom. The van der Waals surface area contributed by atoms with Crippen LogP contribution in [0.25, 0.3) is 0 Å². The van der Waals surface area contributed by atoms with Crippen molar-refractivity contribution in [3.05, 3.63) is 12.8 Å². The van der Waals surface area contributed by atoms with Crippen molar-refractivity contribution in [1.82, 2.24) is 0 Å². The Morgan fingerprint density at radius 1 is 1.04 bits per heavy atom. The molecule has 0 aliphatic heterocycles. The smallest absolute Gasteiger partial charge is 0.336 e. The lowest BCUT2D eigenvalue weighted by Gasteiger charge is -2.28. The van der Waals surface area contributed by atoms with Gasteiger partial charge in [0, 0.05) is 0 Å². The number of hydrogen-bond donors (Lipinski definition) is 3. The van der Waals surface area contributed by atoms with Crippen molar-refractivity contribution in [3.63, 3.8) is 0 Å². The van der Waals surface area contributed by atoms with E-state index in [0.717, 1.165) is 25.7 Å². The monoisotopic (exact) mass is 344 g/mol. The second-order valence-corrected chi connectivity index (χ2v) is 6.15. The van der Waals surface area contributed by atoms with Crippen LogP contribution >= 0.6 is 0 Å². The number of esters is 1. The van der Waals surface area contributed by atoms with Crippen molar-refractivity contribution in [3.8, 4) is 0 Å². The molecule has 0 bridgehead atoms. The summed E-state index contributed by atoms with van der Waals surface area (Å²) in [7, 11) is 0. The molecule has 0 radical (unpaired) electrons. The molecule has 1 unspecified atom stereocenters. The quantitative estimate of drug-likeness (QED) is 0.398. The maximum atomic E-state index is 11.7. The molecule has 8 nitrogen and oxygen atoms in total. The number of aliphatic carboxylic acids is 2. The third kappa shape index (κ3) is 6.57. The molecular weight excluding hydrogens is 320 g/mol. The molecule has 3 N–H and O–H groups in total. The number of carbonyl (C=O) groups excluding carboxylic acids is 1. The van der Waals surface area contributed by atoms with Crippen LogP contribution in [0.4, 0.5) is 0 Å². The third-order valence-electron chi connectivity index (χ3n) is 4.17. The van der Waals surface area contributed by atoms with Gasteiger partial charge in [-0.05, 0) is 37.5 Å². The number of carboxylic acids is 2. The molecular formula is C16H24O8. The highest BCUT2D eigenvalue weighted by molar-refractivity contribution is 5.88. The zero-order valence-corrected chi connectivity index (χ0v) is 13.5. The summed E-state index contributed by atoms with van der Waals surface area (Å²) in [4.78, 5) is 33.3. The summed E-state index contributed by atoms with van der Waals surface area (Å²) < 4.78 is 10.2. The summed E-state index contributed by atoms with van der Waals surface area (Å²) in [5, 5.41) is 27.3. The van der Waals surface area contributed by atoms with E-state index in [9.17, 15) is 19.5 Å². The fraction of sp³-hybridized carbons (Fsp3) is 0.688. The Balaban J connectivity index is 2.37. The van der Waals surface area contributed by atoms with Crippen molar-refractivity contribution in [2.45, 2.75) is 44.1 Å². The van der Waals surface area contributed by atoms with Gasteiger partial charge >= 0.3 is 17.9 Å². The Hall–Kier alpha value is -2.09. The van der Waals surface area contributed by atoms with Gasteiger partial charge in [-0.25, -0.2) is 4.79 Å². The zero-order chi connectivity index (χ0) is 18.2. The lowest BCUT2D eigenvalue weighted by atomic mass is 9.83. The van der Waals surface area contributed by atoms with E-state index in [1.54, 1.807) is 0 Å². The van der Waals surface area contributed by atoms with E-state index in [1.165, 1.54) is 6.26 Å². The molecule has 0 amide bonds. The van der Waals surface area contributed by atoms with Crippen molar-refractivity contribution in [2.75, 3.05) is 13.2 Å². The molecule has 1 aliphatic carbocycles. The van der Waals surface area contributed by atoms with Crippen LogP contribution in [0.1, 0.15) is 38.5 Å². The topological polar surface area (TPSA) is 130 Å². The highest BCUT2D eigenvalue weighted by Crippen LogP contribution is 2.29. The molecule has 1 rings (SSSR count). The molecule has 0 aromatic rings. The zero-order valence-electron chi connectivity index (χ0n) is 13.5. The molecule has 1 fully saturated rings. The van der Waals surface area contributed by atoms with E-state index >= 15 is 0 Å². The third-order valence-corrected chi connectivity index (χ3v) is 4.17. The van der Waals surface area contributed by atoms with Crippen LogP contribution in [0.2, 0.25) is 0 Å². The van der Waals surface area contributed by atoms with Crippen molar-refractivity contribution >= 4 is 17.9 Å². The summed E-state index contributed by atoms with van der Waals surface area (Å²) >= 11 is 0. The summed E-state index contributed by atoms with van der Waals surface area (Å²) in [6.45, 7) is 4.25. The van der Waals surface area contributed by atoms with Crippen molar-refractivity contribution in [2.24, 2.45) is 11.8 Å². The van der Waals surface area contributed by atoms with Gasteiger partial charge in [0.2, 0.25) is 0 Å². The molecule has 8 heteroatoms.